The second-order valence-corrected chi connectivity index (χ2v) is 5.72. The summed E-state index contributed by atoms with van der Waals surface area (Å²) >= 11 is 0. The number of aromatic nitrogens is 2. The quantitative estimate of drug-likeness (QED) is 0.347. The van der Waals surface area contributed by atoms with Crippen molar-refractivity contribution in [1.29, 1.82) is 0 Å². The summed E-state index contributed by atoms with van der Waals surface area (Å²) in [5, 5.41) is 10.6. The van der Waals surface area contributed by atoms with E-state index in [1.54, 1.807) is 20.4 Å². The van der Waals surface area contributed by atoms with Gasteiger partial charge >= 0.3 is 0 Å². The van der Waals surface area contributed by atoms with Crippen molar-refractivity contribution in [3.63, 3.8) is 0 Å². The first kappa shape index (κ1) is 22.2. The lowest BCUT2D eigenvalue weighted by molar-refractivity contribution is 0.368. The van der Waals surface area contributed by atoms with E-state index in [9.17, 15) is 0 Å². The molecule has 0 aliphatic rings. The molecule has 0 saturated carbocycles. The molecule has 0 aromatic carbocycles. The lowest BCUT2D eigenvalue weighted by Gasteiger charge is -2.10. The number of hydrogen-bond acceptors (Lipinski definition) is 5. The molecule has 0 atom stereocenters. The zero-order valence-electron chi connectivity index (χ0n) is 15.8. The van der Waals surface area contributed by atoms with Crippen molar-refractivity contribution >= 4 is 29.9 Å². The highest BCUT2D eigenvalue weighted by molar-refractivity contribution is 14.0. The Hall–Kier alpha value is -1.84. The molecule has 144 valence electrons. The minimum atomic E-state index is 0. The summed E-state index contributed by atoms with van der Waals surface area (Å²) in [7, 11) is 3.34. The lowest BCUT2D eigenvalue weighted by atomic mass is 9.99. The van der Waals surface area contributed by atoms with Gasteiger partial charge in [0.15, 0.2) is 11.7 Å². The zero-order valence-corrected chi connectivity index (χ0v) is 18.1. The van der Waals surface area contributed by atoms with E-state index in [1.165, 1.54) is 0 Å². The average Bonchev–Trinajstić information content (AvgIpc) is 3.12. The topological polar surface area (TPSA) is 84.6 Å². The van der Waals surface area contributed by atoms with E-state index in [1.807, 2.05) is 18.2 Å². The predicted molar refractivity (Wildman–Crippen MR) is 113 cm³/mol. The molecule has 2 aromatic heterocycles. The van der Waals surface area contributed by atoms with Crippen LogP contribution in [0.15, 0.2) is 33.9 Å². The summed E-state index contributed by atoms with van der Waals surface area (Å²) in [6.07, 6.45) is 3.90. The minimum Gasteiger partial charge on any atom is -0.481 e. The molecular weight excluding hydrogens is 445 g/mol. The first-order valence-corrected chi connectivity index (χ1v) is 8.59. The van der Waals surface area contributed by atoms with Crippen molar-refractivity contribution < 1.29 is 9.26 Å². The SMILES string of the molecule is CCC(CC)c1cc(CNC(=NC)NCc2ccc(OC)nc2)on1.I. The van der Waals surface area contributed by atoms with E-state index in [-0.39, 0.29) is 24.0 Å². The van der Waals surface area contributed by atoms with Crippen LogP contribution in [-0.2, 0) is 13.1 Å². The molecule has 0 unspecified atom stereocenters. The molecule has 0 fully saturated rings. The number of ether oxygens (including phenoxy) is 1. The van der Waals surface area contributed by atoms with E-state index in [4.69, 9.17) is 9.26 Å². The second-order valence-electron chi connectivity index (χ2n) is 5.72. The fourth-order valence-corrected chi connectivity index (χ4v) is 2.53. The Labute approximate surface area is 172 Å². The standard InChI is InChI=1S/C18H27N5O2.HI/c1-5-14(6-2)16-9-15(25-23-16)12-22-18(19-3)21-11-13-7-8-17(24-4)20-10-13;/h7-10,14H,5-6,11-12H2,1-4H3,(H2,19,21,22);1H. The summed E-state index contributed by atoms with van der Waals surface area (Å²) < 4.78 is 10.5. The van der Waals surface area contributed by atoms with Crippen LogP contribution >= 0.6 is 24.0 Å². The van der Waals surface area contributed by atoms with Gasteiger partial charge in [0.2, 0.25) is 5.88 Å². The first-order chi connectivity index (χ1) is 12.2. The van der Waals surface area contributed by atoms with E-state index in [2.05, 4.69) is 39.6 Å². The maximum Gasteiger partial charge on any atom is 0.212 e. The van der Waals surface area contributed by atoms with Gasteiger partial charge in [0.05, 0.1) is 19.3 Å². The highest BCUT2D eigenvalue weighted by Crippen LogP contribution is 2.22. The van der Waals surface area contributed by atoms with Crippen LogP contribution in [0.2, 0.25) is 0 Å². The van der Waals surface area contributed by atoms with Gasteiger partial charge in [0.25, 0.3) is 0 Å². The summed E-state index contributed by atoms with van der Waals surface area (Å²) in [5.41, 5.74) is 2.06. The molecule has 0 aliphatic carbocycles. The third kappa shape index (κ3) is 6.47. The van der Waals surface area contributed by atoms with Crippen LogP contribution in [0.1, 0.15) is 49.6 Å². The molecule has 2 rings (SSSR count). The Bertz CT molecular complexity index is 668. The Morgan fingerprint density at radius 2 is 1.96 bits per heavy atom. The lowest BCUT2D eigenvalue weighted by Crippen LogP contribution is -2.36. The zero-order chi connectivity index (χ0) is 18.1. The third-order valence-electron chi connectivity index (χ3n) is 4.10. The van der Waals surface area contributed by atoms with Crippen LogP contribution in [0, 0.1) is 0 Å². The Morgan fingerprint density at radius 3 is 2.54 bits per heavy atom. The van der Waals surface area contributed by atoms with Gasteiger partial charge in [-0.2, -0.15) is 0 Å². The van der Waals surface area contributed by atoms with Crippen LogP contribution in [0.4, 0.5) is 0 Å². The number of halogens is 1. The number of guanidine groups is 1. The van der Waals surface area contributed by atoms with E-state index in [0.29, 0.717) is 30.8 Å². The van der Waals surface area contributed by atoms with Crippen LogP contribution in [-0.4, -0.2) is 30.3 Å². The number of pyridine rings is 1. The second kappa shape index (κ2) is 11.7. The first-order valence-electron chi connectivity index (χ1n) is 8.59. The van der Waals surface area contributed by atoms with Gasteiger partial charge in [0, 0.05) is 37.8 Å². The van der Waals surface area contributed by atoms with Crippen molar-refractivity contribution in [3.8, 4) is 5.88 Å². The minimum absolute atomic E-state index is 0. The van der Waals surface area contributed by atoms with Gasteiger partial charge in [-0.05, 0) is 18.4 Å². The van der Waals surface area contributed by atoms with Crippen LogP contribution in [0.5, 0.6) is 5.88 Å². The van der Waals surface area contributed by atoms with Gasteiger partial charge in [-0.1, -0.05) is 25.1 Å². The predicted octanol–water partition coefficient (Wildman–Crippen LogP) is 3.47. The summed E-state index contributed by atoms with van der Waals surface area (Å²) in [4.78, 5) is 8.40. The molecule has 8 heteroatoms. The highest BCUT2D eigenvalue weighted by atomic mass is 127. The molecule has 7 nitrogen and oxygen atoms in total. The fourth-order valence-electron chi connectivity index (χ4n) is 2.53. The smallest absolute Gasteiger partial charge is 0.212 e. The van der Waals surface area contributed by atoms with Crippen LogP contribution in [0.3, 0.4) is 0 Å². The average molecular weight is 473 g/mol. The van der Waals surface area contributed by atoms with Crippen molar-refractivity contribution in [1.82, 2.24) is 20.8 Å². The highest BCUT2D eigenvalue weighted by Gasteiger charge is 2.13. The van der Waals surface area contributed by atoms with Gasteiger partial charge in [-0.3, -0.25) is 4.99 Å². The molecule has 0 bridgehead atoms. The van der Waals surface area contributed by atoms with Crippen molar-refractivity contribution in [2.45, 2.75) is 45.7 Å². The number of nitrogens with one attached hydrogen (secondary N) is 2. The molecule has 26 heavy (non-hydrogen) atoms. The van der Waals surface area contributed by atoms with Gasteiger partial charge in [-0.15, -0.1) is 24.0 Å². The number of methoxy groups -OCH3 is 1. The molecule has 2 N–H and O–H groups in total. The largest absolute Gasteiger partial charge is 0.481 e. The molecule has 0 spiro atoms. The van der Waals surface area contributed by atoms with Gasteiger partial charge in [0.1, 0.15) is 0 Å². The normalized spacial score (nSPS) is 11.2. The molecule has 0 amide bonds. The molecule has 0 saturated heterocycles. The number of nitrogens with zero attached hydrogens (tertiary/aromatic N) is 3. The van der Waals surface area contributed by atoms with E-state index < -0.39 is 0 Å². The van der Waals surface area contributed by atoms with Gasteiger partial charge in [-0.25, -0.2) is 4.98 Å². The Balaban J connectivity index is 0.00000338. The van der Waals surface area contributed by atoms with E-state index in [0.717, 1.165) is 29.9 Å². The maximum absolute atomic E-state index is 5.41. The van der Waals surface area contributed by atoms with Gasteiger partial charge < -0.3 is 19.9 Å². The molecule has 2 heterocycles. The van der Waals surface area contributed by atoms with Crippen LogP contribution in [0.25, 0.3) is 0 Å². The summed E-state index contributed by atoms with van der Waals surface area (Å²) in [6, 6.07) is 5.82. The van der Waals surface area contributed by atoms with Crippen LogP contribution < -0.4 is 15.4 Å². The fraction of sp³-hybridized carbons (Fsp3) is 0.500. The maximum atomic E-state index is 5.41. The number of rotatable bonds is 8. The molecule has 0 aliphatic heterocycles. The molecule has 0 radical (unpaired) electrons. The van der Waals surface area contributed by atoms with E-state index >= 15 is 0 Å². The van der Waals surface area contributed by atoms with Crippen molar-refractivity contribution in [2.24, 2.45) is 4.99 Å². The summed E-state index contributed by atoms with van der Waals surface area (Å²) in [5.74, 6) is 2.55. The van der Waals surface area contributed by atoms with Crippen molar-refractivity contribution in [2.75, 3.05) is 14.2 Å². The number of hydrogen-bond donors (Lipinski definition) is 2. The Kier molecular flexibility index (Phi) is 10.0. The number of aliphatic imine (C=N–C) groups is 1. The molecule has 2 aromatic rings. The Morgan fingerprint density at radius 1 is 1.23 bits per heavy atom. The summed E-state index contributed by atoms with van der Waals surface area (Å²) in [6.45, 7) is 5.49. The third-order valence-corrected chi connectivity index (χ3v) is 4.10. The van der Waals surface area contributed by atoms with Crippen molar-refractivity contribution in [3.05, 3.63) is 41.4 Å². The monoisotopic (exact) mass is 473 g/mol. The molecular formula is C18H28IN5O2.